The van der Waals surface area contributed by atoms with Gasteiger partial charge < -0.3 is 5.32 Å². The van der Waals surface area contributed by atoms with Gasteiger partial charge in [0, 0.05) is 29.8 Å². The van der Waals surface area contributed by atoms with Crippen LogP contribution in [0.2, 0.25) is 0 Å². The number of amides is 1. The first-order valence-electron chi connectivity index (χ1n) is 7.78. The van der Waals surface area contributed by atoms with Crippen molar-refractivity contribution in [1.82, 2.24) is 0 Å². The van der Waals surface area contributed by atoms with Gasteiger partial charge in [-0.2, -0.15) is 0 Å². The van der Waals surface area contributed by atoms with Crippen LogP contribution in [0.3, 0.4) is 0 Å². The summed E-state index contributed by atoms with van der Waals surface area (Å²) in [6, 6.07) is 11.5. The Labute approximate surface area is 145 Å². The van der Waals surface area contributed by atoms with Gasteiger partial charge in [0.25, 0.3) is 5.69 Å². The Balaban J connectivity index is 2.21. The molecule has 0 saturated heterocycles. The Morgan fingerprint density at radius 3 is 2.60 bits per heavy atom. The molecule has 2 aromatic rings. The van der Waals surface area contributed by atoms with Crippen molar-refractivity contribution in [3.63, 3.8) is 0 Å². The highest BCUT2D eigenvalue weighted by molar-refractivity contribution is 6.07. The van der Waals surface area contributed by atoms with Gasteiger partial charge in [-0.1, -0.05) is 37.3 Å². The third-order valence-electron chi connectivity index (χ3n) is 3.58. The molecule has 0 spiro atoms. The van der Waals surface area contributed by atoms with E-state index < -0.39 is 4.92 Å². The van der Waals surface area contributed by atoms with Crippen molar-refractivity contribution in [1.29, 1.82) is 0 Å². The van der Waals surface area contributed by atoms with Crippen molar-refractivity contribution in [3.8, 4) is 0 Å². The molecule has 0 fully saturated rings. The first-order chi connectivity index (χ1) is 11.9. The third kappa shape index (κ3) is 4.84. The molecule has 0 atom stereocenters. The minimum absolute atomic E-state index is 0.0461. The molecule has 1 N–H and O–H groups in total. The maximum absolute atomic E-state index is 12.3. The lowest BCUT2D eigenvalue weighted by Gasteiger charge is -2.03. The predicted octanol–water partition coefficient (Wildman–Crippen LogP) is 4.01. The van der Waals surface area contributed by atoms with E-state index in [1.807, 2.05) is 6.92 Å². The summed E-state index contributed by atoms with van der Waals surface area (Å²) in [7, 11) is 0. The van der Waals surface area contributed by atoms with Crippen LogP contribution in [0.4, 0.5) is 11.4 Å². The summed E-state index contributed by atoms with van der Waals surface area (Å²) < 4.78 is 0. The summed E-state index contributed by atoms with van der Waals surface area (Å²) in [5, 5.41) is 13.7. The monoisotopic (exact) mass is 338 g/mol. The van der Waals surface area contributed by atoms with Crippen LogP contribution >= 0.6 is 0 Å². The number of nitrogens with zero attached hydrogens (tertiary/aromatic N) is 1. The van der Waals surface area contributed by atoms with Crippen LogP contribution in [0.5, 0.6) is 0 Å². The van der Waals surface area contributed by atoms with Crippen molar-refractivity contribution < 1.29 is 14.5 Å². The van der Waals surface area contributed by atoms with E-state index in [1.54, 1.807) is 42.5 Å². The number of nitrogens with one attached hydrogen (secondary N) is 1. The molecule has 0 radical (unpaired) electrons. The van der Waals surface area contributed by atoms with E-state index in [9.17, 15) is 19.7 Å². The molecule has 0 saturated carbocycles. The van der Waals surface area contributed by atoms with Crippen LogP contribution in [-0.2, 0) is 11.2 Å². The fourth-order valence-electron chi connectivity index (χ4n) is 2.38. The summed E-state index contributed by atoms with van der Waals surface area (Å²) in [5.41, 5.74) is 2.23. The number of benzene rings is 2. The molecule has 128 valence electrons. The van der Waals surface area contributed by atoms with Crippen LogP contribution in [0, 0.1) is 10.1 Å². The SMILES string of the molecule is CCc1ccc(/C=C/C(=O)c2cccc(NC(C)=O)c2)cc1[N+](=O)[O-]. The molecular weight excluding hydrogens is 320 g/mol. The maximum Gasteiger partial charge on any atom is 0.273 e. The second-order valence-electron chi connectivity index (χ2n) is 5.46. The summed E-state index contributed by atoms with van der Waals surface area (Å²) in [4.78, 5) is 34.0. The standard InChI is InChI=1S/C19H18N2O4/c1-3-15-9-7-14(11-18(15)21(24)25)8-10-19(23)16-5-4-6-17(12-16)20-13(2)22/h4-12H,3H2,1-2H3,(H,20,22)/b10-8+. The molecule has 0 bridgehead atoms. The molecule has 2 aromatic carbocycles. The van der Waals surface area contributed by atoms with Crippen molar-refractivity contribution in [2.24, 2.45) is 0 Å². The minimum atomic E-state index is -0.422. The van der Waals surface area contributed by atoms with E-state index in [4.69, 9.17) is 0 Å². The van der Waals surface area contributed by atoms with Crippen molar-refractivity contribution in [3.05, 3.63) is 75.3 Å². The fraction of sp³-hybridized carbons (Fsp3) is 0.158. The average molecular weight is 338 g/mol. The molecule has 25 heavy (non-hydrogen) atoms. The van der Waals surface area contributed by atoms with Gasteiger partial charge in [-0.15, -0.1) is 0 Å². The molecule has 2 rings (SSSR count). The summed E-state index contributed by atoms with van der Waals surface area (Å²) in [6.45, 7) is 3.24. The lowest BCUT2D eigenvalue weighted by Crippen LogP contribution is -2.06. The number of nitro groups is 1. The lowest BCUT2D eigenvalue weighted by molar-refractivity contribution is -0.385. The van der Waals surface area contributed by atoms with Gasteiger partial charge >= 0.3 is 0 Å². The highest BCUT2D eigenvalue weighted by Crippen LogP contribution is 2.22. The number of ketones is 1. The zero-order chi connectivity index (χ0) is 18.4. The van der Waals surface area contributed by atoms with Gasteiger partial charge in [-0.05, 0) is 30.2 Å². The second-order valence-corrected chi connectivity index (χ2v) is 5.46. The summed E-state index contributed by atoms with van der Waals surface area (Å²) in [6.07, 6.45) is 3.46. The smallest absolute Gasteiger partial charge is 0.273 e. The zero-order valence-electron chi connectivity index (χ0n) is 14.0. The van der Waals surface area contributed by atoms with Crippen LogP contribution in [0.1, 0.15) is 35.3 Å². The highest BCUT2D eigenvalue weighted by Gasteiger charge is 2.12. The molecule has 0 heterocycles. The number of carbonyl (C=O) groups is 2. The zero-order valence-corrected chi connectivity index (χ0v) is 14.0. The Kier molecular flexibility index (Phi) is 5.79. The largest absolute Gasteiger partial charge is 0.326 e. The second kappa shape index (κ2) is 8.01. The van der Waals surface area contributed by atoms with E-state index in [0.717, 1.165) is 0 Å². The number of anilines is 1. The van der Waals surface area contributed by atoms with E-state index in [2.05, 4.69) is 5.32 Å². The lowest BCUT2D eigenvalue weighted by atomic mass is 10.0. The molecule has 0 aromatic heterocycles. The Bertz CT molecular complexity index is 856. The van der Waals surface area contributed by atoms with E-state index in [-0.39, 0.29) is 17.4 Å². The Morgan fingerprint density at radius 1 is 1.20 bits per heavy atom. The first-order valence-corrected chi connectivity index (χ1v) is 7.78. The van der Waals surface area contributed by atoms with Crippen molar-refractivity contribution in [2.45, 2.75) is 20.3 Å². The number of hydrogen-bond acceptors (Lipinski definition) is 4. The molecule has 0 aliphatic rings. The fourth-order valence-corrected chi connectivity index (χ4v) is 2.38. The van der Waals surface area contributed by atoms with Gasteiger partial charge in [0.1, 0.15) is 0 Å². The molecule has 6 heteroatoms. The van der Waals surface area contributed by atoms with Crippen LogP contribution in [0.15, 0.2) is 48.5 Å². The summed E-state index contributed by atoms with van der Waals surface area (Å²) >= 11 is 0. The molecule has 0 aliphatic carbocycles. The van der Waals surface area contributed by atoms with E-state index in [1.165, 1.54) is 19.1 Å². The third-order valence-corrected chi connectivity index (χ3v) is 3.58. The van der Waals surface area contributed by atoms with Crippen molar-refractivity contribution in [2.75, 3.05) is 5.32 Å². The number of aryl methyl sites for hydroxylation is 1. The topological polar surface area (TPSA) is 89.3 Å². The Morgan fingerprint density at radius 2 is 1.96 bits per heavy atom. The van der Waals surface area contributed by atoms with Gasteiger partial charge in [0.05, 0.1) is 4.92 Å². The van der Waals surface area contributed by atoms with Crippen LogP contribution in [0.25, 0.3) is 6.08 Å². The van der Waals surface area contributed by atoms with E-state index in [0.29, 0.717) is 28.8 Å². The maximum atomic E-state index is 12.3. The number of nitro benzene ring substituents is 1. The number of allylic oxidation sites excluding steroid dienone is 1. The van der Waals surface area contributed by atoms with Gasteiger partial charge in [0.2, 0.25) is 5.91 Å². The van der Waals surface area contributed by atoms with Gasteiger partial charge in [-0.3, -0.25) is 19.7 Å². The van der Waals surface area contributed by atoms with Crippen molar-refractivity contribution >= 4 is 29.1 Å². The van der Waals surface area contributed by atoms with Crippen LogP contribution in [-0.4, -0.2) is 16.6 Å². The van der Waals surface area contributed by atoms with Gasteiger partial charge in [0.15, 0.2) is 5.78 Å². The average Bonchev–Trinajstić information content (AvgIpc) is 2.59. The normalized spacial score (nSPS) is 10.6. The van der Waals surface area contributed by atoms with E-state index >= 15 is 0 Å². The first kappa shape index (κ1) is 18.1. The molecular formula is C19H18N2O4. The highest BCUT2D eigenvalue weighted by atomic mass is 16.6. The Hall–Kier alpha value is -3.28. The summed E-state index contributed by atoms with van der Waals surface area (Å²) in [5.74, 6) is -0.474. The quantitative estimate of drug-likeness (QED) is 0.373. The molecule has 1 amide bonds. The number of carbonyl (C=O) groups excluding carboxylic acids is 2. The number of hydrogen-bond donors (Lipinski definition) is 1. The minimum Gasteiger partial charge on any atom is -0.326 e. The van der Waals surface area contributed by atoms with Gasteiger partial charge in [-0.25, -0.2) is 0 Å². The molecule has 0 unspecified atom stereocenters. The number of rotatable bonds is 6. The predicted molar refractivity (Wildman–Crippen MR) is 96.6 cm³/mol. The van der Waals surface area contributed by atoms with Crippen LogP contribution < -0.4 is 5.32 Å². The molecule has 0 aliphatic heterocycles. The molecule has 6 nitrogen and oxygen atoms in total.